The molecule has 0 heterocycles. The van der Waals surface area contributed by atoms with Crippen LogP contribution < -0.4 is 9.47 Å². The van der Waals surface area contributed by atoms with Gasteiger partial charge >= 0.3 is 6.16 Å². The van der Waals surface area contributed by atoms with Crippen molar-refractivity contribution in [3.63, 3.8) is 0 Å². The number of benzene rings is 2. The number of carbonyl (C=O) groups excluding carboxylic acids is 1. The molecule has 2 aromatic carbocycles. The molecule has 26 heavy (non-hydrogen) atoms. The standard InChI is InChI=1S/C18H16BrF3O4/c1-3-10-7-11(17(21)22)16(8-14(10)20)25-9-12-13(19)5-4-6-15(12)26-18(23)24-2/h4-8,17H,3,9H2,1-2H3. The summed E-state index contributed by atoms with van der Waals surface area (Å²) in [6.45, 7) is 1.45. The van der Waals surface area contributed by atoms with Crippen molar-refractivity contribution in [2.45, 2.75) is 26.4 Å². The van der Waals surface area contributed by atoms with E-state index >= 15 is 0 Å². The van der Waals surface area contributed by atoms with Crippen LogP contribution in [0.5, 0.6) is 11.5 Å². The van der Waals surface area contributed by atoms with Gasteiger partial charge in [0.1, 0.15) is 23.9 Å². The van der Waals surface area contributed by atoms with Gasteiger partial charge in [0.25, 0.3) is 6.43 Å². The van der Waals surface area contributed by atoms with Gasteiger partial charge in [0.15, 0.2) is 0 Å². The highest BCUT2D eigenvalue weighted by Gasteiger charge is 2.19. The lowest BCUT2D eigenvalue weighted by molar-refractivity contribution is 0.120. The summed E-state index contributed by atoms with van der Waals surface area (Å²) in [6.07, 6.45) is -3.47. The van der Waals surface area contributed by atoms with Crippen molar-refractivity contribution in [3.8, 4) is 11.5 Å². The zero-order chi connectivity index (χ0) is 19.3. The lowest BCUT2D eigenvalue weighted by Gasteiger charge is -2.15. The number of rotatable bonds is 6. The van der Waals surface area contributed by atoms with Crippen LogP contribution in [0.3, 0.4) is 0 Å². The largest absolute Gasteiger partial charge is 0.513 e. The SMILES string of the molecule is CCc1cc(C(F)F)c(OCc2c(Br)cccc2OC(=O)OC)cc1F. The summed E-state index contributed by atoms with van der Waals surface area (Å²) in [5, 5.41) is 0. The molecule has 0 spiro atoms. The van der Waals surface area contributed by atoms with Crippen LogP contribution in [0.1, 0.15) is 30.0 Å². The summed E-state index contributed by atoms with van der Waals surface area (Å²) in [5.74, 6) is -0.755. The first-order valence-corrected chi connectivity index (χ1v) is 8.43. The highest BCUT2D eigenvalue weighted by molar-refractivity contribution is 9.10. The van der Waals surface area contributed by atoms with E-state index < -0.39 is 24.0 Å². The molecular formula is C18H16BrF3O4. The maximum atomic E-state index is 14.0. The van der Waals surface area contributed by atoms with Gasteiger partial charge in [0.05, 0.1) is 12.7 Å². The Morgan fingerprint density at radius 3 is 2.58 bits per heavy atom. The molecule has 0 fully saturated rings. The maximum Gasteiger partial charge on any atom is 0.513 e. The number of ether oxygens (including phenoxy) is 3. The van der Waals surface area contributed by atoms with Gasteiger partial charge in [-0.2, -0.15) is 0 Å². The zero-order valence-corrected chi connectivity index (χ0v) is 15.6. The fraction of sp³-hybridized carbons (Fsp3) is 0.278. The Bertz CT molecular complexity index is 796. The van der Waals surface area contributed by atoms with E-state index in [4.69, 9.17) is 9.47 Å². The Balaban J connectivity index is 2.32. The van der Waals surface area contributed by atoms with Gasteiger partial charge in [-0.25, -0.2) is 18.0 Å². The number of alkyl halides is 2. The Kier molecular flexibility index (Phi) is 6.90. The van der Waals surface area contributed by atoms with Gasteiger partial charge in [-0.3, -0.25) is 0 Å². The summed E-state index contributed by atoms with van der Waals surface area (Å²) < 4.78 is 55.9. The summed E-state index contributed by atoms with van der Waals surface area (Å²) in [4.78, 5) is 11.3. The average Bonchev–Trinajstić information content (AvgIpc) is 2.60. The molecule has 0 aromatic heterocycles. The van der Waals surface area contributed by atoms with E-state index in [2.05, 4.69) is 20.7 Å². The predicted octanol–water partition coefficient (Wildman–Crippen LogP) is 5.81. The smallest absolute Gasteiger partial charge is 0.488 e. The van der Waals surface area contributed by atoms with Gasteiger partial charge in [0, 0.05) is 16.1 Å². The third-order valence-electron chi connectivity index (χ3n) is 3.60. The fourth-order valence-corrected chi connectivity index (χ4v) is 2.70. The number of halogens is 4. The molecule has 0 aliphatic carbocycles. The van der Waals surface area contributed by atoms with E-state index in [1.165, 1.54) is 6.07 Å². The van der Waals surface area contributed by atoms with Gasteiger partial charge in [0.2, 0.25) is 0 Å². The van der Waals surface area contributed by atoms with E-state index in [0.29, 0.717) is 10.0 Å². The van der Waals surface area contributed by atoms with Crippen molar-refractivity contribution in [1.29, 1.82) is 0 Å². The van der Waals surface area contributed by atoms with Crippen LogP contribution in [-0.2, 0) is 17.8 Å². The molecule has 0 radical (unpaired) electrons. The Morgan fingerprint density at radius 2 is 1.96 bits per heavy atom. The maximum absolute atomic E-state index is 14.0. The van der Waals surface area contributed by atoms with Crippen LogP contribution in [0, 0.1) is 5.82 Å². The van der Waals surface area contributed by atoms with E-state index in [0.717, 1.165) is 19.2 Å². The van der Waals surface area contributed by atoms with Crippen molar-refractivity contribution < 1.29 is 32.2 Å². The van der Waals surface area contributed by atoms with Crippen molar-refractivity contribution in [2.24, 2.45) is 0 Å². The van der Waals surface area contributed by atoms with Crippen LogP contribution in [-0.4, -0.2) is 13.3 Å². The van der Waals surface area contributed by atoms with Gasteiger partial charge in [-0.05, 0) is 30.2 Å². The molecule has 0 amide bonds. The zero-order valence-electron chi connectivity index (χ0n) is 14.0. The van der Waals surface area contributed by atoms with Crippen molar-refractivity contribution >= 4 is 22.1 Å². The summed E-state index contributed by atoms with van der Waals surface area (Å²) in [6, 6.07) is 6.82. The fourth-order valence-electron chi connectivity index (χ4n) is 2.24. The van der Waals surface area contributed by atoms with Gasteiger partial charge < -0.3 is 14.2 Å². The first kappa shape index (κ1) is 20.1. The molecule has 0 atom stereocenters. The minimum Gasteiger partial charge on any atom is -0.488 e. The molecule has 140 valence electrons. The predicted molar refractivity (Wildman–Crippen MR) is 92.2 cm³/mol. The first-order valence-electron chi connectivity index (χ1n) is 7.63. The molecule has 0 saturated heterocycles. The highest BCUT2D eigenvalue weighted by atomic mass is 79.9. The minimum absolute atomic E-state index is 0.135. The molecule has 0 N–H and O–H groups in total. The van der Waals surface area contributed by atoms with Crippen molar-refractivity contribution in [3.05, 3.63) is 57.3 Å². The molecule has 0 unspecified atom stereocenters. The van der Waals surface area contributed by atoms with Crippen molar-refractivity contribution in [2.75, 3.05) is 7.11 Å². The molecule has 2 rings (SSSR count). The van der Waals surface area contributed by atoms with Crippen LogP contribution >= 0.6 is 15.9 Å². The summed E-state index contributed by atoms with van der Waals surface area (Å²) in [5.41, 5.74) is 0.173. The lowest BCUT2D eigenvalue weighted by atomic mass is 10.1. The quantitative estimate of drug-likeness (QED) is 0.426. The Morgan fingerprint density at radius 1 is 1.23 bits per heavy atom. The molecule has 0 aliphatic heterocycles. The van der Waals surface area contributed by atoms with Crippen LogP contribution in [0.25, 0.3) is 0 Å². The molecule has 8 heteroatoms. The first-order chi connectivity index (χ1) is 12.4. The molecular weight excluding hydrogens is 417 g/mol. The topological polar surface area (TPSA) is 44.8 Å². The third kappa shape index (κ3) is 4.69. The number of aryl methyl sites for hydroxylation is 1. The number of hydrogen-bond acceptors (Lipinski definition) is 4. The monoisotopic (exact) mass is 432 g/mol. The second-order valence-electron chi connectivity index (χ2n) is 5.20. The molecule has 4 nitrogen and oxygen atoms in total. The average molecular weight is 433 g/mol. The molecule has 0 aliphatic rings. The van der Waals surface area contributed by atoms with Crippen molar-refractivity contribution in [1.82, 2.24) is 0 Å². The number of hydrogen-bond donors (Lipinski definition) is 0. The van der Waals surface area contributed by atoms with E-state index in [1.54, 1.807) is 19.1 Å². The van der Waals surface area contributed by atoms with E-state index in [-0.39, 0.29) is 30.1 Å². The van der Waals surface area contributed by atoms with Gasteiger partial charge in [-0.15, -0.1) is 0 Å². The Labute approximate surface area is 157 Å². The van der Waals surface area contributed by atoms with Gasteiger partial charge in [-0.1, -0.05) is 28.9 Å². The number of carbonyl (C=O) groups is 1. The van der Waals surface area contributed by atoms with Crippen LogP contribution in [0.2, 0.25) is 0 Å². The summed E-state index contributed by atoms with van der Waals surface area (Å²) >= 11 is 3.28. The molecule has 0 bridgehead atoms. The highest BCUT2D eigenvalue weighted by Crippen LogP contribution is 2.34. The second-order valence-corrected chi connectivity index (χ2v) is 6.05. The Hall–Kier alpha value is -2.22. The normalized spacial score (nSPS) is 10.7. The molecule has 2 aromatic rings. The molecule has 0 saturated carbocycles. The number of methoxy groups -OCH3 is 1. The van der Waals surface area contributed by atoms with Crippen LogP contribution in [0.15, 0.2) is 34.8 Å². The third-order valence-corrected chi connectivity index (χ3v) is 4.35. The second kappa shape index (κ2) is 8.93. The minimum atomic E-state index is -2.82. The lowest BCUT2D eigenvalue weighted by Crippen LogP contribution is -2.10. The van der Waals surface area contributed by atoms with E-state index in [9.17, 15) is 18.0 Å². The summed E-state index contributed by atoms with van der Waals surface area (Å²) in [7, 11) is 1.16. The van der Waals surface area contributed by atoms with Crippen LogP contribution in [0.4, 0.5) is 18.0 Å². The van der Waals surface area contributed by atoms with E-state index in [1.807, 2.05) is 0 Å².